The van der Waals surface area contributed by atoms with Crippen LogP contribution in [-0.2, 0) is 9.47 Å². The summed E-state index contributed by atoms with van der Waals surface area (Å²) in [5, 5.41) is 0. The van der Waals surface area contributed by atoms with Crippen molar-refractivity contribution in [2.45, 2.75) is 39.1 Å². The normalized spacial score (nSPS) is 31.8. The maximum absolute atomic E-state index is 5.40. The van der Waals surface area contributed by atoms with Crippen molar-refractivity contribution in [1.82, 2.24) is 0 Å². The molecule has 0 aromatic rings. The van der Waals surface area contributed by atoms with Gasteiger partial charge in [-0.1, -0.05) is 19.4 Å². The van der Waals surface area contributed by atoms with Gasteiger partial charge in [-0.05, 0) is 19.4 Å². The van der Waals surface area contributed by atoms with Gasteiger partial charge in [-0.15, -0.1) is 0 Å². The smallest absolute Gasteiger partial charge is 0.177 e. The van der Waals surface area contributed by atoms with Gasteiger partial charge >= 0.3 is 0 Å². The fraction of sp³-hybridized carbons (Fsp3) is 0.778. The van der Waals surface area contributed by atoms with Gasteiger partial charge in [0.2, 0.25) is 0 Å². The SMILES string of the molecule is CCC/C=C\C1OCC(C)O1. The van der Waals surface area contributed by atoms with Crippen LogP contribution in [0.1, 0.15) is 26.7 Å². The summed E-state index contributed by atoms with van der Waals surface area (Å²) in [6.07, 6.45) is 6.56. The van der Waals surface area contributed by atoms with E-state index in [1.807, 2.05) is 13.0 Å². The number of hydrogen-bond donors (Lipinski definition) is 0. The Labute approximate surface area is 68.2 Å². The molecule has 1 rings (SSSR count). The van der Waals surface area contributed by atoms with Gasteiger partial charge in [0.25, 0.3) is 0 Å². The van der Waals surface area contributed by atoms with E-state index in [4.69, 9.17) is 9.47 Å². The highest BCUT2D eigenvalue weighted by molar-refractivity contribution is 4.87. The largest absolute Gasteiger partial charge is 0.346 e. The van der Waals surface area contributed by atoms with Gasteiger partial charge in [0.15, 0.2) is 6.29 Å². The maximum Gasteiger partial charge on any atom is 0.177 e. The standard InChI is InChI=1S/C9H16O2/c1-3-4-5-6-9-10-7-8(2)11-9/h5-6,8-9H,3-4,7H2,1-2H3/b6-5-. The monoisotopic (exact) mass is 156 g/mol. The van der Waals surface area contributed by atoms with Crippen LogP contribution in [0.25, 0.3) is 0 Å². The van der Waals surface area contributed by atoms with E-state index in [1.165, 1.54) is 6.42 Å². The minimum absolute atomic E-state index is 0.0865. The summed E-state index contributed by atoms with van der Waals surface area (Å²) >= 11 is 0. The van der Waals surface area contributed by atoms with Crippen molar-refractivity contribution in [1.29, 1.82) is 0 Å². The van der Waals surface area contributed by atoms with Crippen molar-refractivity contribution in [3.8, 4) is 0 Å². The molecule has 1 saturated heterocycles. The second-order valence-corrected chi connectivity index (χ2v) is 2.87. The molecule has 0 aromatic heterocycles. The fourth-order valence-corrected chi connectivity index (χ4v) is 1.01. The highest BCUT2D eigenvalue weighted by atomic mass is 16.7. The molecule has 2 atom stereocenters. The van der Waals surface area contributed by atoms with Gasteiger partial charge in [-0.2, -0.15) is 0 Å². The molecule has 0 amide bonds. The average Bonchev–Trinajstić information content (AvgIpc) is 2.37. The molecule has 0 spiro atoms. The van der Waals surface area contributed by atoms with E-state index < -0.39 is 0 Å². The molecule has 2 unspecified atom stereocenters. The van der Waals surface area contributed by atoms with E-state index >= 15 is 0 Å². The van der Waals surface area contributed by atoms with Crippen LogP contribution in [-0.4, -0.2) is 19.0 Å². The third-order valence-corrected chi connectivity index (χ3v) is 1.61. The zero-order valence-corrected chi connectivity index (χ0v) is 7.25. The molecule has 2 heteroatoms. The van der Waals surface area contributed by atoms with Crippen LogP contribution >= 0.6 is 0 Å². The van der Waals surface area contributed by atoms with Crippen molar-refractivity contribution in [3.05, 3.63) is 12.2 Å². The third kappa shape index (κ3) is 3.04. The highest BCUT2D eigenvalue weighted by Crippen LogP contribution is 2.11. The predicted octanol–water partition coefficient (Wildman–Crippen LogP) is 2.10. The lowest BCUT2D eigenvalue weighted by molar-refractivity contribution is -0.0162. The first-order valence-electron chi connectivity index (χ1n) is 4.26. The molecule has 0 saturated carbocycles. The van der Waals surface area contributed by atoms with Crippen molar-refractivity contribution in [2.75, 3.05) is 6.61 Å². The first-order chi connectivity index (χ1) is 5.33. The fourth-order valence-electron chi connectivity index (χ4n) is 1.01. The first-order valence-corrected chi connectivity index (χ1v) is 4.26. The molecule has 1 heterocycles. The van der Waals surface area contributed by atoms with Crippen molar-refractivity contribution < 1.29 is 9.47 Å². The highest BCUT2D eigenvalue weighted by Gasteiger charge is 2.18. The summed E-state index contributed by atoms with van der Waals surface area (Å²) in [7, 11) is 0. The lowest BCUT2D eigenvalue weighted by Gasteiger charge is -2.02. The Hall–Kier alpha value is -0.340. The summed E-state index contributed by atoms with van der Waals surface area (Å²) in [6.45, 7) is 4.90. The van der Waals surface area contributed by atoms with Gasteiger partial charge in [0.1, 0.15) is 0 Å². The van der Waals surface area contributed by atoms with Crippen molar-refractivity contribution in [2.24, 2.45) is 0 Å². The molecule has 0 aromatic carbocycles. The summed E-state index contributed by atoms with van der Waals surface area (Å²) in [5.74, 6) is 0. The van der Waals surface area contributed by atoms with E-state index in [9.17, 15) is 0 Å². The predicted molar refractivity (Wildman–Crippen MR) is 44.3 cm³/mol. The van der Waals surface area contributed by atoms with Gasteiger partial charge < -0.3 is 9.47 Å². The minimum atomic E-state index is -0.0865. The molecule has 0 radical (unpaired) electrons. The average molecular weight is 156 g/mol. The number of hydrogen-bond acceptors (Lipinski definition) is 2. The van der Waals surface area contributed by atoms with Crippen LogP contribution in [0.2, 0.25) is 0 Å². The molecule has 0 N–H and O–H groups in total. The second kappa shape index (κ2) is 4.52. The Morgan fingerprint density at radius 2 is 2.36 bits per heavy atom. The first kappa shape index (κ1) is 8.75. The number of rotatable bonds is 3. The minimum Gasteiger partial charge on any atom is -0.346 e. The molecule has 1 aliphatic heterocycles. The van der Waals surface area contributed by atoms with Gasteiger partial charge in [0.05, 0.1) is 12.7 Å². The number of ether oxygens (including phenoxy) is 2. The molecule has 1 aliphatic rings. The van der Waals surface area contributed by atoms with E-state index in [0.29, 0.717) is 0 Å². The topological polar surface area (TPSA) is 18.5 Å². The van der Waals surface area contributed by atoms with Crippen LogP contribution in [0.3, 0.4) is 0 Å². The molecule has 0 bridgehead atoms. The summed E-state index contributed by atoms with van der Waals surface area (Å²) in [5.41, 5.74) is 0. The van der Waals surface area contributed by atoms with Crippen molar-refractivity contribution in [3.63, 3.8) is 0 Å². The van der Waals surface area contributed by atoms with Crippen LogP contribution in [0.4, 0.5) is 0 Å². The van der Waals surface area contributed by atoms with E-state index in [1.54, 1.807) is 0 Å². The quantitative estimate of drug-likeness (QED) is 0.582. The van der Waals surface area contributed by atoms with Crippen LogP contribution < -0.4 is 0 Å². The van der Waals surface area contributed by atoms with E-state index in [-0.39, 0.29) is 12.4 Å². The number of unbranched alkanes of at least 4 members (excludes halogenated alkanes) is 1. The third-order valence-electron chi connectivity index (χ3n) is 1.61. The molecule has 0 aliphatic carbocycles. The molecular formula is C9H16O2. The van der Waals surface area contributed by atoms with E-state index in [2.05, 4.69) is 13.0 Å². The summed E-state index contributed by atoms with van der Waals surface area (Å²) in [6, 6.07) is 0. The zero-order chi connectivity index (χ0) is 8.10. The zero-order valence-electron chi connectivity index (χ0n) is 7.25. The lowest BCUT2D eigenvalue weighted by atomic mass is 10.3. The Bertz CT molecular complexity index is 132. The summed E-state index contributed by atoms with van der Waals surface area (Å²) in [4.78, 5) is 0. The van der Waals surface area contributed by atoms with Crippen LogP contribution in [0.5, 0.6) is 0 Å². The van der Waals surface area contributed by atoms with Gasteiger partial charge in [-0.3, -0.25) is 0 Å². The molecule has 2 nitrogen and oxygen atoms in total. The molecule has 11 heavy (non-hydrogen) atoms. The van der Waals surface area contributed by atoms with E-state index in [0.717, 1.165) is 13.0 Å². The van der Waals surface area contributed by atoms with Crippen LogP contribution in [0.15, 0.2) is 12.2 Å². The molecule has 64 valence electrons. The Kier molecular flexibility index (Phi) is 3.60. The maximum atomic E-state index is 5.40. The molecular weight excluding hydrogens is 140 g/mol. The lowest BCUT2D eigenvalue weighted by Crippen LogP contribution is -2.05. The molecule has 1 fully saturated rings. The number of allylic oxidation sites excluding steroid dienone is 1. The van der Waals surface area contributed by atoms with Gasteiger partial charge in [0, 0.05) is 0 Å². The van der Waals surface area contributed by atoms with Gasteiger partial charge in [-0.25, -0.2) is 0 Å². The summed E-state index contributed by atoms with van der Waals surface area (Å²) < 4.78 is 10.7. The van der Waals surface area contributed by atoms with Crippen LogP contribution in [0, 0.1) is 0 Å². The Morgan fingerprint density at radius 1 is 1.55 bits per heavy atom. The Balaban J connectivity index is 2.17. The second-order valence-electron chi connectivity index (χ2n) is 2.87. The van der Waals surface area contributed by atoms with Crippen molar-refractivity contribution >= 4 is 0 Å². The Morgan fingerprint density at radius 3 is 2.91 bits per heavy atom.